The normalized spacial score (nSPS) is 43.2. The zero-order chi connectivity index (χ0) is 21.4. The second-order valence-corrected chi connectivity index (χ2v) is 11.9. The van der Waals surface area contributed by atoms with Crippen LogP contribution in [0.1, 0.15) is 76.7 Å². The van der Waals surface area contributed by atoms with Crippen molar-refractivity contribution in [1.29, 1.82) is 0 Å². The Balaban J connectivity index is 1.24. The van der Waals surface area contributed by atoms with Gasteiger partial charge in [0.25, 0.3) is 5.69 Å². The van der Waals surface area contributed by atoms with Gasteiger partial charge in [0.05, 0.1) is 10.3 Å². The molecule has 0 radical (unpaired) electrons. The number of fused-ring (bicyclic) bond motifs is 2. The van der Waals surface area contributed by atoms with Gasteiger partial charge in [-0.25, -0.2) is 0 Å². The van der Waals surface area contributed by atoms with Crippen molar-refractivity contribution in [2.45, 2.75) is 82.6 Å². The van der Waals surface area contributed by atoms with Crippen LogP contribution in [0.3, 0.4) is 0 Å². The van der Waals surface area contributed by atoms with E-state index in [0.29, 0.717) is 23.7 Å². The average molecular weight is 423 g/mol. The number of nitrogens with one attached hydrogen (secondary N) is 1. The van der Waals surface area contributed by atoms with Crippen LogP contribution in [0.25, 0.3) is 0 Å². The SMILES string of the molecule is C[C@H](NC(=O)C12C[C@@H]3C[C@@H](C1)CC(c1ccc([N+](=O)[O-])cc1)(C3)C2)[C@H]1C[C@@H]2CC[C@@H]1C2. The first-order chi connectivity index (χ1) is 14.9. The Bertz CT molecular complexity index is 896. The van der Waals surface area contributed by atoms with Crippen LogP contribution in [0.4, 0.5) is 5.69 Å². The van der Waals surface area contributed by atoms with Crippen molar-refractivity contribution in [2.75, 3.05) is 0 Å². The van der Waals surface area contributed by atoms with Crippen molar-refractivity contribution in [3.63, 3.8) is 0 Å². The molecule has 31 heavy (non-hydrogen) atoms. The predicted molar refractivity (Wildman–Crippen MR) is 118 cm³/mol. The number of amides is 1. The summed E-state index contributed by atoms with van der Waals surface area (Å²) in [5, 5.41) is 14.6. The third kappa shape index (κ3) is 3.06. The van der Waals surface area contributed by atoms with Crippen molar-refractivity contribution >= 4 is 11.6 Å². The second kappa shape index (κ2) is 6.79. The first-order valence-electron chi connectivity index (χ1n) is 12.4. The summed E-state index contributed by atoms with van der Waals surface area (Å²) >= 11 is 0. The summed E-state index contributed by atoms with van der Waals surface area (Å²) in [4.78, 5) is 24.6. The van der Waals surface area contributed by atoms with Gasteiger partial charge in [-0.1, -0.05) is 18.6 Å². The minimum Gasteiger partial charge on any atom is -0.353 e. The highest BCUT2D eigenvalue weighted by atomic mass is 16.6. The number of rotatable bonds is 5. The molecule has 1 amide bonds. The van der Waals surface area contributed by atoms with E-state index >= 15 is 0 Å². The van der Waals surface area contributed by atoms with E-state index < -0.39 is 0 Å². The highest BCUT2D eigenvalue weighted by Crippen LogP contribution is 2.66. The molecule has 6 fully saturated rings. The number of benzene rings is 1. The van der Waals surface area contributed by atoms with E-state index in [-0.39, 0.29) is 27.5 Å². The van der Waals surface area contributed by atoms with Gasteiger partial charge in [-0.05, 0) is 105 Å². The molecule has 6 atom stereocenters. The van der Waals surface area contributed by atoms with Crippen LogP contribution in [0.5, 0.6) is 0 Å². The maximum absolute atomic E-state index is 13.8. The number of carbonyl (C=O) groups excluding carboxylic acids is 1. The van der Waals surface area contributed by atoms with Gasteiger partial charge in [-0.15, -0.1) is 0 Å². The second-order valence-electron chi connectivity index (χ2n) is 11.9. The van der Waals surface area contributed by atoms with Gasteiger partial charge in [0, 0.05) is 18.2 Å². The molecule has 5 heteroatoms. The molecule has 0 saturated heterocycles. The van der Waals surface area contributed by atoms with Crippen molar-refractivity contribution < 1.29 is 9.72 Å². The van der Waals surface area contributed by atoms with E-state index in [1.54, 1.807) is 12.1 Å². The lowest BCUT2D eigenvalue weighted by molar-refractivity contribution is -0.384. The highest BCUT2D eigenvalue weighted by molar-refractivity contribution is 5.84. The van der Waals surface area contributed by atoms with Crippen LogP contribution in [0, 0.1) is 45.1 Å². The average Bonchev–Trinajstić information content (AvgIpc) is 3.36. The summed E-state index contributed by atoms with van der Waals surface area (Å²) in [6.07, 6.45) is 11.9. The molecular weight excluding hydrogens is 388 g/mol. The largest absolute Gasteiger partial charge is 0.353 e. The molecular formula is C26H34N2O3. The maximum atomic E-state index is 13.8. The molecule has 6 bridgehead atoms. The number of hydrogen-bond acceptors (Lipinski definition) is 3. The fourth-order valence-electron chi connectivity index (χ4n) is 9.18. The van der Waals surface area contributed by atoms with E-state index in [0.717, 1.165) is 43.9 Å². The van der Waals surface area contributed by atoms with Gasteiger partial charge >= 0.3 is 0 Å². The van der Waals surface area contributed by atoms with Gasteiger partial charge < -0.3 is 5.32 Å². The molecule has 1 aromatic rings. The Kier molecular flexibility index (Phi) is 4.33. The van der Waals surface area contributed by atoms with E-state index in [1.165, 1.54) is 37.7 Å². The van der Waals surface area contributed by atoms with E-state index in [1.807, 2.05) is 12.1 Å². The number of nitro benzene ring substituents is 1. The summed E-state index contributed by atoms with van der Waals surface area (Å²) < 4.78 is 0. The summed E-state index contributed by atoms with van der Waals surface area (Å²) in [6.45, 7) is 2.25. The number of nitrogens with zero attached hydrogens (tertiary/aromatic N) is 1. The molecule has 5 nitrogen and oxygen atoms in total. The number of non-ortho nitro benzene ring substituents is 1. The Morgan fingerprint density at radius 2 is 1.74 bits per heavy atom. The zero-order valence-electron chi connectivity index (χ0n) is 18.5. The minimum absolute atomic E-state index is 0.0201. The molecule has 1 N–H and O–H groups in total. The number of nitro groups is 1. The highest BCUT2D eigenvalue weighted by Gasteiger charge is 2.61. The van der Waals surface area contributed by atoms with Gasteiger partial charge in [-0.2, -0.15) is 0 Å². The fraction of sp³-hybridized carbons (Fsp3) is 0.731. The van der Waals surface area contributed by atoms with E-state index in [4.69, 9.17) is 0 Å². The smallest absolute Gasteiger partial charge is 0.269 e. The quantitative estimate of drug-likeness (QED) is 0.512. The maximum Gasteiger partial charge on any atom is 0.269 e. The summed E-state index contributed by atoms with van der Waals surface area (Å²) in [7, 11) is 0. The molecule has 166 valence electrons. The molecule has 7 rings (SSSR count). The molecule has 0 spiro atoms. The van der Waals surface area contributed by atoms with Crippen LogP contribution < -0.4 is 5.32 Å². The fourth-order valence-corrected chi connectivity index (χ4v) is 9.18. The van der Waals surface area contributed by atoms with Crippen LogP contribution in [-0.2, 0) is 10.2 Å². The zero-order valence-corrected chi connectivity index (χ0v) is 18.5. The summed E-state index contributed by atoms with van der Waals surface area (Å²) in [6, 6.07) is 7.52. The summed E-state index contributed by atoms with van der Waals surface area (Å²) in [5.41, 5.74) is 1.15. The van der Waals surface area contributed by atoms with E-state index in [9.17, 15) is 14.9 Å². The monoisotopic (exact) mass is 422 g/mol. The lowest BCUT2D eigenvalue weighted by Gasteiger charge is -2.61. The molecule has 0 unspecified atom stereocenters. The molecule has 6 aliphatic carbocycles. The Morgan fingerprint density at radius 1 is 1.03 bits per heavy atom. The topological polar surface area (TPSA) is 72.2 Å². The lowest BCUT2D eigenvalue weighted by Crippen LogP contribution is -2.60. The lowest BCUT2D eigenvalue weighted by atomic mass is 9.42. The van der Waals surface area contributed by atoms with Gasteiger partial charge in [0.2, 0.25) is 5.91 Å². The van der Waals surface area contributed by atoms with Gasteiger partial charge in [0.15, 0.2) is 0 Å². The standard InChI is InChI=1S/C26H34N2O3/c1-16(23-10-17-2-3-20(23)9-17)27-24(29)26-13-18-8-19(14-26)12-25(11-18,15-26)21-4-6-22(7-5-21)28(30)31/h4-7,16-20,23H,2-3,8-15H2,1H3,(H,27,29)/t16-,17+,18+,19+,20+,23+,25?,26?/m0/s1. The molecule has 0 aromatic heterocycles. The molecule has 0 heterocycles. The molecule has 6 saturated carbocycles. The van der Waals surface area contributed by atoms with Crippen molar-refractivity contribution in [3.05, 3.63) is 39.9 Å². The summed E-state index contributed by atoms with van der Waals surface area (Å²) in [5.74, 6) is 3.92. The Morgan fingerprint density at radius 3 is 2.32 bits per heavy atom. The first kappa shape index (κ1) is 19.8. The first-order valence-corrected chi connectivity index (χ1v) is 12.4. The molecule has 1 aromatic carbocycles. The Hall–Kier alpha value is -1.91. The third-order valence-corrected chi connectivity index (χ3v) is 10.0. The van der Waals surface area contributed by atoms with Crippen molar-refractivity contribution in [3.8, 4) is 0 Å². The number of carbonyl (C=O) groups is 1. The van der Waals surface area contributed by atoms with Gasteiger partial charge in [0.1, 0.15) is 0 Å². The van der Waals surface area contributed by atoms with Gasteiger partial charge in [-0.3, -0.25) is 14.9 Å². The molecule has 6 aliphatic rings. The van der Waals surface area contributed by atoms with E-state index in [2.05, 4.69) is 12.2 Å². The van der Waals surface area contributed by atoms with Crippen LogP contribution in [0.15, 0.2) is 24.3 Å². The molecule has 0 aliphatic heterocycles. The minimum atomic E-state index is -0.324. The predicted octanol–water partition coefficient (Wildman–Crippen LogP) is 5.37. The third-order valence-electron chi connectivity index (χ3n) is 10.0. The Labute approximate surface area is 184 Å². The van der Waals surface area contributed by atoms with Crippen molar-refractivity contribution in [2.24, 2.45) is 35.0 Å². The van der Waals surface area contributed by atoms with Crippen LogP contribution in [-0.4, -0.2) is 16.9 Å². The van der Waals surface area contributed by atoms with Crippen LogP contribution in [0.2, 0.25) is 0 Å². The number of hydrogen-bond donors (Lipinski definition) is 1. The van der Waals surface area contributed by atoms with Crippen molar-refractivity contribution in [1.82, 2.24) is 5.32 Å². The van der Waals surface area contributed by atoms with Crippen LogP contribution >= 0.6 is 0 Å².